The normalized spacial score (nSPS) is 13.4. The van der Waals surface area contributed by atoms with Crippen molar-refractivity contribution in [2.75, 3.05) is 12.4 Å². The van der Waals surface area contributed by atoms with Crippen LogP contribution in [0.3, 0.4) is 0 Å². The first-order valence-electron chi connectivity index (χ1n) is 6.65. The maximum Gasteiger partial charge on any atom is 0.119 e. The summed E-state index contributed by atoms with van der Waals surface area (Å²) in [5, 5.41) is 21.1. The summed E-state index contributed by atoms with van der Waals surface area (Å²) in [5.74, 6) is 1.30. The molecule has 21 heavy (non-hydrogen) atoms. The maximum atomic E-state index is 9.96. The molecule has 2 rings (SSSR count). The van der Waals surface area contributed by atoms with Gasteiger partial charge in [0.15, 0.2) is 0 Å². The molecular weight excluding hydrogens is 302 g/mol. The van der Waals surface area contributed by atoms with Crippen LogP contribution >= 0.6 is 23.1 Å². The van der Waals surface area contributed by atoms with Crippen LogP contribution in [0.2, 0.25) is 0 Å². The summed E-state index contributed by atoms with van der Waals surface area (Å²) in [7, 11) is 0. The van der Waals surface area contributed by atoms with E-state index in [1.54, 1.807) is 47.4 Å². The Kier molecular flexibility index (Phi) is 6.12. The lowest BCUT2D eigenvalue weighted by Crippen LogP contribution is -2.20. The van der Waals surface area contributed by atoms with Crippen molar-refractivity contribution in [3.8, 4) is 11.8 Å². The van der Waals surface area contributed by atoms with Crippen LogP contribution in [0.15, 0.2) is 41.8 Å². The second-order valence-corrected chi connectivity index (χ2v) is 6.95. The lowest BCUT2D eigenvalue weighted by atomic mass is 10.2. The lowest BCUT2D eigenvalue weighted by Gasteiger charge is -2.14. The van der Waals surface area contributed by atoms with Crippen LogP contribution in [0.1, 0.15) is 22.6 Å². The van der Waals surface area contributed by atoms with Gasteiger partial charge in [0, 0.05) is 15.9 Å². The van der Waals surface area contributed by atoms with E-state index in [-0.39, 0.29) is 6.61 Å². The van der Waals surface area contributed by atoms with E-state index in [4.69, 9.17) is 10.00 Å². The number of nitrogens with zero attached hydrogens (tertiary/aromatic N) is 1. The molecule has 1 N–H and O–H groups in total. The number of benzene rings is 1. The maximum absolute atomic E-state index is 9.96. The molecule has 0 saturated carbocycles. The van der Waals surface area contributed by atoms with Gasteiger partial charge >= 0.3 is 0 Å². The molecule has 1 aromatic carbocycles. The van der Waals surface area contributed by atoms with E-state index in [1.165, 1.54) is 4.88 Å². The molecule has 0 aliphatic heterocycles. The summed E-state index contributed by atoms with van der Waals surface area (Å²) >= 11 is 3.46. The minimum absolute atomic E-state index is 0.260. The average molecular weight is 319 g/mol. The molecule has 0 aliphatic carbocycles. The number of rotatable bonds is 7. The SMILES string of the molecule is CC(SCC(O)COc1ccc(C#N)cc1)c1cccs1. The first kappa shape index (κ1) is 15.9. The van der Waals surface area contributed by atoms with Gasteiger partial charge in [0.05, 0.1) is 17.7 Å². The molecule has 110 valence electrons. The van der Waals surface area contributed by atoms with Crippen LogP contribution in [0.5, 0.6) is 5.75 Å². The van der Waals surface area contributed by atoms with Gasteiger partial charge in [-0.25, -0.2) is 0 Å². The van der Waals surface area contributed by atoms with Gasteiger partial charge in [-0.05, 0) is 42.6 Å². The third-order valence-corrected chi connectivity index (χ3v) is 5.44. The highest BCUT2D eigenvalue weighted by Gasteiger charge is 2.11. The number of aliphatic hydroxyl groups excluding tert-OH is 1. The van der Waals surface area contributed by atoms with Gasteiger partial charge in [-0.3, -0.25) is 0 Å². The summed E-state index contributed by atoms with van der Waals surface area (Å²) in [6, 6.07) is 13.1. The molecule has 3 nitrogen and oxygen atoms in total. The third-order valence-electron chi connectivity index (χ3n) is 2.91. The molecular formula is C16H17NO2S2. The predicted molar refractivity (Wildman–Crippen MR) is 87.9 cm³/mol. The number of hydrogen-bond donors (Lipinski definition) is 1. The number of hydrogen-bond acceptors (Lipinski definition) is 5. The Morgan fingerprint density at radius 1 is 1.33 bits per heavy atom. The summed E-state index contributed by atoms with van der Waals surface area (Å²) in [6.07, 6.45) is -0.506. The first-order valence-corrected chi connectivity index (χ1v) is 8.58. The topological polar surface area (TPSA) is 53.2 Å². The molecule has 2 unspecified atom stereocenters. The van der Waals surface area contributed by atoms with Gasteiger partial charge in [0.2, 0.25) is 0 Å². The fourth-order valence-electron chi connectivity index (χ4n) is 1.73. The Hall–Kier alpha value is -1.48. The van der Waals surface area contributed by atoms with E-state index in [1.807, 2.05) is 6.07 Å². The van der Waals surface area contributed by atoms with Gasteiger partial charge in [-0.1, -0.05) is 6.07 Å². The Labute approximate surface area is 133 Å². The van der Waals surface area contributed by atoms with Crippen LogP contribution in [0.25, 0.3) is 0 Å². The van der Waals surface area contributed by atoms with Crippen molar-refractivity contribution in [1.29, 1.82) is 5.26 Å². The standard InChI is InChI=1S/C16H17NO2S2/c1-12(16-3-2-8-20-16)21-11-14(18)10-19-15-6-4-13(9-17)5-7-15/h2-8,12,14,18H,10-11H2,1H3. The molecule has 0 bridgehead atoms. The Bertz CT molecular complexity index is 575. The zero-order valence-electron chi connectivity index (χ0n) is 11.7. The van der Waals surface area contributed by atoms with Gasteiger partial charge in [-0.15, -0.1) is 11.3 Å². The summed E-state index contributed by atoms with van der Waals surface area (Å²) in [4.78, 5) is 1.32. The number of thiophene rings is 1. The molecule has 0 radical (unpaired) electrons. The van der Waals surface area contributed by atoms with E-state index in [0.717, 1.165) is 0 Å². The van der Waals surface area contributed by atoms with E-state index < -0.39 is 6.10 Å². The second-order valence-electron chi connectivity index (χ2n) is 4.59. The molecule has 0 amide bonds. The average Bonchev–Trinajstić information content (AvgIpc) is 3.05. The fraction of sp³-hybridized carbons (Fsp3) is 0.312. The van der Waals surface area contributed by atoms with Crippen LogP contribution in [-0.4, -0.2) is 23.6 Å². The van der Waals surface area contributed by atoms with Crippen LogP contribution in [-0.2, 0) is 0 Å². The predicted octanol–water partition coefficient (Wildman–Crippen LogP) is 3.85. The molecule has 0 spiro atoms. The van der Waals surface area contributed by atoms with Crippen molar-refractivity contribution in [3.63, 3.8) is 0 Å². The quantitative estimate of drug-likeness (QED) is 0.842. The molecule has 0 fully saturated rings. The number of aliphatic hydroxyl groups is 1. The molecule has 2 aromatic rings. The van der Waals surface area contributed by atoms with Crippen LogP contribution in [0.4, 0.5) is 0 Å². The highest BCUT2D eigenvalue weighted by Crippen LogP contribution is 2.31. The van der Waals surface area contributed by atoms with E-state index in [9.17, 15) is 5.11 Å². The van der Waals surface area contributed by atoms with Gasteiger partial charge in [0.25, 0.3) is 0 Å². The number of ether oxygens (including phenoxy) is 1. The molecule has 1 heterocycles. The Balaban J connectivity index is 1.72. The first-order chi connectivity index (χ1) is 10.2. The number of thioether (sulfide) groups is 1. The van der Waals surface area contributed by atoms with E-state index in [2.05, 4.69) is 24.4 Å². The van der Waals surface area contributed by atoms with Crippen molar-refractivity contribution in [2.45, 2.75) is 18.3 Å². The van der Waals surface area contributed by atoms with Crippen molar-refractivity contribution in [3.05, 3.63) is 52.2 Å². The lowest BCUT2D eigenvalue weighted by molar-refractivity contribution is 0.126. The zero-order chi connectivity index (χ0) is 15.1. The van der Waals surface area contributed by atoms with Crippen LogP contribution in [0, 0.1) is 11.3 Å². The smallest absolute Gasteiger partial charge is 0.119 e. The van der Waals surface area contributed by atoms with Gasteiger partial charge < -0.3 is 9.84 Å². The van der Waals surface area contributed by atoms with Crippen molar-refractivity contribution < 1.29 is 9.84 Å². The molecule has 0 aliphatic rings. The second kappa shape index (κ2) is 8.08. The van der Waals surface area contributed by atoms with E-state index >= 15 is 0 Å². The highest BCUT2D eigenvalue weighted by atomic mass is 32.2. The Morgan fingerprint density at radius 3 is 2.71 bits per heavy atom. The summed E-state index contributed by atoms with van der Waals surface area (Å²) in [5.41, 5.74) is 0.600. The molecule has 1 aromatic heterocycles. The summed E-state index contributed by atoms with van der Waals surface area (Å²) in [6.45, 7) is 2.40. The van der Waals surface area contributed by atoms with Crippen LogP contribution < -0.4 is 4.74 Å². The summed E-state index contributed by atoms with van der Waals surface area (Å²) < 4.78 is 5.52. The van der Waals surface area contributed by atoms with Gasteiger partial charge in [-0.2, -0.15) is 17.0 Å². The third kappa shape index (κ3) is 5.09. The zero-order valence-corrected chi connectivity index (χ0v) is 13.4. The minimum atomic E-state index is -0.506. The van der Waals surface area contributed by atoms with Crippen molar-refractivity contribution >= 4 is 23.1 Å². The highest BCUT2D eigenvalue weighted by molar-refractivity contribution is 7.99. The fourth-order valence-corrected chi connectivity index (χ4v) is 3.61. The Morgan fingerprint density at radius 2 is 2.10 bits per heavy atom. The molecule has 2 atom stereocenters. The molecule has 5 heteroatoms. The monoisotopic (exact) mass is 319 g/mol. The van der Waals surface area contributed by atoms with Crippen molar-refractivity contribution in [2.24, 2.45) is 0 Å². The molecule has 0 saturated heterocycles. The minimum Gasteiger partial charge on any atom is -0.491 e. The largest absolute Gasteiger partial charge is 0.491 e. The number of nitriles is 1. The van der Waals surface area contributed by atoms with Gasteiger partial charge in [0.1, 0.15) is 12.4 Å². The van der Waals surface area contributed by atoms with Crippen molar-refractivity contribution in [1.82, 2.24) is 0 Å². The van der Waals surface area contributed by atoms with E-state index in [0.29, 0.717) is 22.3 Å².